The molecule has 1 aliphatic carbocycles. The van der Waals surface area contributed by atoms with Gasteiger partial charge >= 0.3 is 6.18 Å². The Bertz CT molecular complexity index is 483. The highest BCUT2D eigenvalue weighted by Crippen LogP contribution is 2.46. The van der Waals surface area contributed by atoms with Gasteiger partial charge in [0.2, 0.25) is 5.91 Å². The Morgan fingerprint density at radius 1 is 1.37 bits per heavy atom. The Kier molecular flexibility index (Phi) is 3.90. The van der Waals surface area contributed by atoms with E-state index in [2.05, 4.69) is 21.2 Å². The summed E-state index contributed by atoms with van der Waals surface area (Å²) in [5, 5.41) is 2.72. The van der Waals surface area contributed by atoms with Crippen LogP contribution in [-0.2, 0) is 10.3 Å². The quantitative estimate of drug-likeness (QED) is 0.888. The summed E-state index contributed by atoms with van der Waals surface area (Å²) in [6.07, 6.45) is -4.35. The van der Waals surface area contributed by atoms with Crippen LogP contribution in [0.4, 0.5) is 13.2 Å². The highest BCUT2D eigenvalue weighted by molar-refractivity contribution is 9.10. The van der Waals surface area contributed by atoms with Crippen molar-refractivity contribution < 1.29 is 18.0 Å². The van der Waals surface area contributed by atoms with Gasteiger partial charge in [-0.1, -0.05) is 28.1 Å². The molecule has 0 spiro atoms. The molecule has 0 heterocycles. The second kappa shape index (κ2) is 5.15. The zero-order chi connectivity index (χ0) is 14.1. The first kappa shape index (κ1) is 14.4. The molecule has 2 rings (SSSR count). The fourth-order valence-electron chi connectivity index (χ4n) is 1.98. The molecule has 1 fully saturated rings. The average Bonchev–Trinajstić information content (AvgIpc) is 3.07. The lowest BCUT2D eigenvalue weighted by Gasteiger charge is -2.18. The first-order chi connectivity index (χ1) is 8.81. The van der Waals surface area contributed by atoms with Crippen LogP contribution in [0.3, 0.4) is 0 Å². The third-order valence-corrected chi connectivity index (χ3v) is 3.63. The van der Waals surface area contributed by atoms with Crippen molar-refractivity contribution in [2.45, 2.75) is 37.4 Å². The van der Waals surface area contributed by atoms with Gasteiger partial charge in [-0.15, -0.1) is 0 Å². The van der Waals surface area contributed by atoms with Gasteiger partial charge in [-0.3, -0.25) is 4.79 Å². The van der Waals surface area contributed by atoms with Crippen LogP contribution in [0.1, 0.15) is 31.2 Å². The number of alkyl halides is 3. The molecule has 0 saturated heterocycles. The number of halogens is 4. The molecule has 0 radical (unpaired) electrons. The Balaban J connectivity index is 1.97. The van der Waals surface area contributed by atoms with Gasteiger partial charge in [-0.05, 0) is 30.5 Å². The van der Waals surface area contributed by atoms with Crippen LogP contribution in [0.2, 0.25) is 0 Å². The van der Waals surface area contributed by atoms with E-state index in [1.54, 1.807) is 0 Å². The van der Waals surface area contributed by atoms with Crippen LogP contribution in [-0.4, -0.2) is 12.1 Å². The summed E-state index contributed by atoms with van der Waals surface area (Å²) in [5.74, 6) is -0.546. The summed E-state index contributed by atoms with van der Waals surface area (Å²) >= 11 is 3.34. The van der Waals surface area contributed by atoms with Crippen molar-refractivity contribution >= 4 is 21.8 Å². The topological polar surface area (TPSA) is 29.1 Å². The maximum absolute atomic E-state index is 12.1. The molecule has 19 heavy (non-hydrogen) atoms. The van der Waals surface area contributed by atoms with Gasteiger partial charge in [-0.25, -0.2) is 0 Å². The van der Waals surface area contributed by atoms with E-state index in [0.717, 1.165) is 22.9 Å². The normalized spacial score (nSPS) is 17.1. The predicted octanol–water partition coefficient (Wildman–Crippen LogP) is 3.90. The van der Waals surface area contributed by atoms with E-state index in [0.29, 0.717) is 0 Å². The molecular weight excluding hydrogens is 323 g/mol. The third kappa shape index (κ3) is 3.96. The zero-order valence-corrected chi connectivity index (χ0v) is 11.6. The summed E-state index contributed by atoms with van der Waals surface area (Å²) in [6, 6.07) is 7.48. The van der Waals surface area contributed by atoms with Crippen LogP contribution >= 0.6 is 15.9 Å². The smallest absolute Gasteiger partial charge is 0.347 e. The van der Waals surface area contributed by atoms with Crippen molar-refractivity contribution in [3.8, 4) is 0 Å². The van der Waals surface area contributed by atoms with E-state index in [-0.39, 0.29) is 0 Å². The van der Waals surface area contributed by atoms with Crippen LogP contribution in [0.25, 0.3) is 0 Å². The molecule has 0 atom stereocenters. The van der Waals surface area contributed by atoms with Crippen molar-refractivity contribution in [3.63, 3.8) is 0 Å². The average molecular weight is 336 g/mol. The first-order valence-corrected chi connectivity index (χ1v) is 6.74. The van der Waals surface area contributed by atoms with Crippen molar-refractivity contribution in [1.82, 2.24) is 5.32 Å². The van der Waals surface area contributed by atoms with Gasteiger partial charge in [0.25, 0.3) is 0 Å². The largest absolute Gasteiger partial charge is 0.389 e. The number of nitrogens with one attached hydrogen (secondary N) is 1. The second-order valence-electron chi connectivity index (χ2n) is 4.76. The Hall–Kier alpha value is -1.04. The number of hydrogen-bond donors (Lipinski definition) is 1. The van der Waals surface area contributed by atoms with Crippen LogP contribution in [0, 0.1) is 0 Å². The van der Waals surface area contributed by atoms with E-state index < -0.39 is 30.5 Å². The van der Waals surface area contributed by atoms with Gasteiger partial charge in [0.1, 0.15) is 0 Å². The van der Waals surface area contributed by atoms with Crippen molar-refractivity contribution in [2.75, 3.05) is 0 Å². The third-order valence-electron chi connectivity index (χ3n) is 3.14. The monoisotopic (exact) mass is 335 g/mol. The fourth-order valence-corrected chi connectivity index (χ4v) is 2.38. The van der Waals surface area contributed by atoms with Gasteiger partial charge in [0.15, 0.2) is 0 Å². The summed E-state index contributed by atoms with van der Waals surface area (Å²) in [6.45, 7) is 0. The van der Waals surface area contributed by atoms with Crippen LogP contribution in [0.5, 0.6) is 0 Å². The predicted molar refractivity (Wildman–Crippen MR) is 68.5 cm³/mol. The van der Waals surface area contributed by atoms with E-state index >= 15 is 0 Å². The van der Waals surface area contributed by atoms with Gasteiger partial charge in [0.05, 0.1) is 12.0 Å². The van der Waals surface area contributed by atoms with E-state index in [1.807, 2.05) is 24.3 Å². The van der Waals surface area contributed by atoms with E-state index in [9.17, 15) is 18.0 Å². The lowest BCUT2D eigenvalue weighted by atomic mass is 10.0. The van der Waals surface area contributed by atoms with Crippen molar-refractivity contribution in [2.24, 2.45) is 0 Å². The summed E-state index contributed by atoms with van der Waals surface area (Å²) in [7, 11) is 0. The zero-order valence-electron chi connectivity index (χ0n) is 10.1. The maximum atomic E-state index is 12.1. The molecule has 1 aliphatic rings. The summed E-state index contributed by atoms with van der Waals surface area (Å²) in [5.41, 5.74) is 0.467. The molecule has 1 saturated carbocycles. The number of carbonyl (C=O) groups is 1. The highest BCUT2D eigenvalue weighted by atomic mass is 79.9. The number of hydrogen-bond acceptors (Lipinski definition) is 1. The second-order valence-corrected chi connectivity index (χ2v) is 5.67. The van der Waals surface area contributed by atoms with Crippen LogP contribution in [0.15, 0.2) is 28.7 Å². The number of carbonyl (C=O) groups excluding carboxylic acids is 1. The molecule has 1 aromatic carbocycles. The molecule has 104 valence electrons. The SMILES string of the molecule is O=C(CCC(F)(F)F)NC1(c2cccc(Br)c2)CC1. The minimum atomic E-state index is -4.29. The van der Waals surface area contributed by atoms with Gasteiger partial charge < -0.3 is 5.32 Å². The lowest BCUT2D eigenvalue weighted by Crippen LogP contribution is -2.35. The fraction of sp³-hybridized carbons (Fsp3) is 0.462. The lowest BCUT2D eigenvalue weighted by molar-refractivity contribution is -0.144. The first-order valence-electron chi connectivity index (χ1n) is 5.95. The van der Waals surface area contributed by atoms with E-state index in [4.69, 9.17) is 0 Å². The Morgan fingerprint density at radius 2 is 2.05 bits per heavy atom. The highest BCUT2D eigenvalue weighted by Gasteiger charge is 2.45. The molecule has 1 amide bonds. The molecule has 1 aromatic rings. The molecule has 6 heteroatoms. The molecule has 0 aliphatic heterocycles. The van der Waals surface area contributed by atoms with Gasteiger partial charge in [0, 0.05) is 10.9 Å². The maximum Gasteiger partial charge on any atom is 0.389 e. The molecule has 0 bridgehead atoms. The Morgan fingerprint density at radius 3 is 2.58 bits per heavy atom. The minimum Gasteiger partial charge on any atom is -0.347 e. The van der Waals surface area contributed by atoms with E-state index in [1.165, 1.54) is 0 Å². The number of rotatable bonds is 4. The number of benzene rings is 1. The Labute approximate surface area is 117 Å². The molecular formula is C13H13BrF3NO. The molecule has 1 N–H and O–H groups in total. The molecule has 0 unspecified atom stereocenters. The summed E-state index contributed by atoms with van der Waals surface area (Å²) in [4.78, 5) is 11.6. The number of amides is 1. The standard InChI is InChI=1S/C13H13BrF3NO/c14-10-3-1-2-9(8-10)12(6-7-12)18-11(19)4-5-13(15,16)17/h1-3,8H,4-7H2,(H,18,19). The van der Waals surface area contributed by atoms with Crippen molar-refractivity contribution in [3.05, 3.63) is 34.3 Å². The van der Waals surface area contributed by atoms with Gasteiger partial charge in [-0.2, -0.15) is 13.2 Å². The molecule has 0 aromatic heterocycles. The van der Waals surface area contributed by atoms with Crippen LogP contribution < -0.4 is 5.32 Å². The summed E-state index contributed by atoms with van der Waals surface area (Å²) < 4.78 is 37.1. The van der Waals surface area contributed by atoms with Crippen molar-refractivity contribution in [1.29, 1.82) is 0 Å². The minimum absolute atomic E-state index is 0.466. The molecule has 2 nitrogen and oxygen atoms in total.